The molecule has 3 unspecified atom stereocenters. The van der Waals surface area contributed by atoms with Gasteiger partial charge in [-0.2, -0.15) is 0 Å². The van der Waals surface area contributed by atoms with Gasteiger partial charge in [-0.15, -0.1) is 0 Å². The van der Waals surface area contributed by atoms with Crippen LogP contribution in [0.4, 0.5) is 0 Å². The van der Waals surface area contributed by atoms with Crippen molar-refractivity contribution in [2.24, 2.45) is 11.8 Å². The molecule has 2 heterocycles. The molecule has 6 heteroatoms. The number of fused-ring (bicyclic) bond motifs is 2. The third-order valence-corrected chi connectivity index (χ3v) is 5.31. The van der Waals surface area contributed by atoms with Crippen LogP contribution in [0.3, 0.4) is 0 Å². The SMILES string of the molecule is CC1(c2ccc3c(c2)C(=O)OC3=O)CCC2C(=O)OC(=O)C2C1. The Morgan fingerprint density at radius 3 is 2.43 bits per heavy atom. The van der Waals surface area contributed by atoms with E-state index in [1.807, 2.05) is 6.92 Å². The number of ether oxygens (including phenoxy) is 2. The average molecular weight is 314 g/mol. The Morgan fingerprint density at radius 1 is 0.957 bits per heavy atom. The van der Waals surface area contributed by atoms with Crippen molar-refractivity contribution in [1.82, 2.24) is 0 Å². The summed E-state index contributed by atoms with van der Waals surface area (Å²) in [6.07, 6.45) is 1.77. The Labute approximate surface area is 131 Å². The molecule has 3 aliphatic rings. The van der Waals surface area contributed by atoms with Crippen molar-refractivity contribution >= 4 is 23.9 Å². The first-order chi connectivity index (χ1) is 10.9. The highest BCUT2D eigenvalue weighted by atomic mass is 16.6. The van der Waals surface area contributed by atoms with Crippen LogP contribution in [-0.2, 0) is 24.5 Å². The Bertz CT molecular complexity index is 779. The molecule has 2 aliphatic heterocycles. The Morgan fingerprint density at radius 2 is 1.65 bits per heavy atom. The summed E-state index contributed by atoms with van der Waals surface area (Å²) in [5.74, 6) is -2.93. The van der Waals surface area contributed by atoms with Gasteiger partial charge >= 0.3 is 23.9 Å². The molecule has 6 nitrogen and oxygen atoms in total. The molecule has 118 valence electrons. The molecule has 0 bridgehead atoms. The summed E-state index contributed by atoms with van der Waals surface area (Å²) in [7, 11) is 0. The molecule has 1 aromatic carbocycles. The van der Waals surface area contributed by atoms with Crippen molar-refractivity contribution in [2.75, 3.05) is 0 Å². The zero-order valence-electron chi connectivity index (χ0n) is 12.5. The van der Waals surface area contributed by atoms with Gasteiger partial charge in [0.2, 0.25) is 0 Å². The molecule has 0 amide bonds. The van der Waals surface area contributed by atoms with Crippen LogP contribution >= 0.6 is 0 Å². The summed E-state index contributed by atoms with van der Waals surface area (Å²) in [4.78, 5) is 46.8. The molecule has 23 heavy (non-hydrogen) atoms. The molecule has 0 aromatic heterocycles. The first-order valence-electron chi connectivity index (χ1n) is 7.56. The van der Waals surface area contributed by atoms with Crippen LogP contribution < -0.4 is 0 Å². The van der Waals surface area contributed by atoms with Gasteiger partial charge in [-0.3, -0.25) is 9.59 Å². The smallest absolute Gasteiger partial charge is 0.346 e. The van der Waals surface area contributed by atoms with Gasteiger partial charge in [-0.1, -0.05) is 13.0 Å². The van der Waals surface area contributed by atoms with E-state index in [1.165, 1.54) is 0 Å². The number of carbonyl (C=O) groups is 4. The zero-order chi connectivity index (χ0) is 16.4. The summed E-state index contributed by atoms with van der Waals surface area (Å²) < 4.78 is 9.36. The number of rotatable bonds is 1. The third-order valence-electron chi connectivity index (χ3n) is 5.31. The normalized spacial score (nSPS) is 32.4. The van der Waals surface area contributed by atoms with Crippen molar-refractivity contribution in [3.8, 4) is 0 Å². The van der Waals surface area contributed by atoms with Gasteiger partial charge in [-0.05, 0) is 42.4 Å². The van der Waals surface area contributed by atoms with E-state index in [-0.39, 0.29) is 22.5 Å². The highest BCUT2D eigenvalue weighted by Crippen LogP contribution is 2.47. The maximum Gasteiger partial charge on any atom is 0.346 e. The molecule has 2 fully saturated rings. The predicted molar refractivity (Wildman–Crippen MR) is 75.5 cm³/mol. The van der Waals surface area contributed by atoms with Gasteiger partial charge in [0.05, 0.1) is 23.0 Å². The molecule has 1 saturated heterocycles. The van der Waals surface area contributed by atoms with Crippen molar-refractivity contribution in [3.63, 3.8) is 0 Å². The summed E-state index contributed by atoms with van der Waals surface area (Å²) in [5, 5.41) is 0. The minimum atomic E-state index is -0.639. The number of carbonyl (C=O) groups excluding carboxylic acids is 4. The molecular weight excluding hydrogens is 300 g/mol. The molecule has 1 aliphatic carbocycles. The van der Waals surface area contributed by atoms with E-state index in [4.69, 9.17) is 4.74 Å². The predicted octanol–water partition coefficient (Wildman–Crippen LogP) is 1.75. The van der Waals surface area contributed by atoms with Crippen molar-refractivity contribution in [2.45, 2.75) is 31.6 Å². The fraction of sp³-hybridized carbons (Fsp3) is 0.412. The van der Waals surface area contributed by atoms with E-state index < -0.39 is 29.8 Å². The Kier molecular flexibility index (Phi) is 2.76. The summed E-state index contributed by atoms with van der Waals surface area (Å²) >= 11 is 0. The lowest BCUT2D eigenvalue weighted by Crippen LogP contribution is -2.36. The fourth-order valence-corrected chi connectivity index (χ4v) is 3.91. The second-order valence-corrected chi connectivity index (χ2v) is 6.69. The molecular formula is C17H14O6. The lowest BCUT2D eigenvalue weighted by atomic mass is 9.64. The van der Waals surface area contributed by atoms with Crippen molar-refractivity contribution < 1.29 is 28.7 Å². The standard InChI is InChI=1S/C17H14O6/c1-17(5-4-10-12(7-17)16(21)23-14(10)19)8-2-3-9-11(6-8)15(20)22-13(9)18/h2-3,6,10,12H,4-5,7H2,1H3. The number of benzene rings is 1. The molecule has 0 N–H and O–H groups in total. The first-order valence-corrected chi connectivity index (χ1v) is 7.56. The quantitative estimate of drug-likeness (QED) is 0.580. The van der Waals surface area contributed by atoms with Gasteiger partial charge in [0.25, 0.3) is 0 Å². The van der Waals surface area contributed by atoms with Gasteiger partial charge in [0, 0.05) is 0 Å². The third kappa shape index (κ3) is 1.94. The maximum atomic E-state index is 11.9. The molecule has 4 rings (SSSR count). The van der Waals surface area contributed by atoms with Gasteiger partial charge in [-0.25, -0.2) is 9.59 Å². The van der Waals surface area contributed by atoms with Crippen LogP contribution in [0.1, 0.15) is 52.5 Å². The highest BCUT2D eigenvalue weighted by Gasteiger charge is 2.51. The van der Waals surface area contributed by atoms with E-state index in [9.17, 15) is 19.2 Å². The molecule has 3 atom stereocenters. The van der Waals surface area contributed by atoms with E-state index in [0.29, 0.717) is 19.3 Å². The maximum absolute atomic E-state index is 11.9. The van der Waals surface area contributed by atoms with Gasteiger partial charge in [0.15, 0.2) is 0 Å². The fourth-order valence-electron chi connectivity index (χ4n) is 3.91. The summed E-state index contributed by atoms with van der Waals surface area (Å²) in [5.41, 5.74) is 1.05. The second-order valence-electron chi connectivity index (χ2n) is 6.69. The van der Waals surface area contributed by atoms with Crippen LogP contribution in [0.25, 0.3) is 0 Å². The van der Waals surface area contributed by atoms with Crippen LogP contribution in [0.2, 0.25) is 0 Å². The number of cyclic esters (lactones) is 4. The van der Waals surface area contributed by atoms with Crippen LogP contribution in [0.15, 0.2) is 18.2 Å². The Hall–Kier alpha value is -2.50. The van der Waals surface area contributed by atoms with E-state index in [0.717, 1.165) is 5.56 Å². The van der Waals surface area contributed by atoms with Crippen LogP contribution in [-0.4, -0.2) is 23.9 Å². The Balaban J connectivity index is 1.70. The summed E-state index contributed by atoms with van der Waals surface area (Å²) in [6, 6.07) is 5.06. The molecule has 1 aromatic rings. The number of hydrogen-bond donors (Lipinski definition) is 0. The van der Waals surface area contributed by atoms with Crippen LogP contribution in [0, 0.1) is 11.8 Å². The number of hydrogen-bond acceptors (Lipinski definition) is 6. The molecule has 0 radical (unpaired) electrons. The highest BCUT2D eigenvalue weighted by molar-refractivity contribution is 6.14. The topological polar surface area (TPSA) is 86.7 Å². The van der Waals surface area contributed by atoms with E-state index in [2.05, 4.69) is 4.74 Å². The zero-order valence-corrected chi connectivity index (χ0v) is 12.5. The molecule has 0 spiro atoms. The monoisotopic (exact) mass is 314 g/mol. The lowest BCUT2D eigenvalue weighted by molar-refractivity contribution is -0.153. The minimum Gasteiger partial charge on any atom is -0.393 e. The van der Waals surface area contributed by atoms with Gasteiger partial charge < -0.3 is 9.47 Å². The summed E-state index contributed by atoms with van der Waals surface area (Å²) in [6.45, 7) is 2.00. The lowest BCUT2D eigenvalue weighted by Gasteiger charge is -2.38. The second kappa shape index (κ2) is 4.50. The van der Waals surface area contributed by atoms with Gasteiger partial charge in [0.1, 0.15) is 0 Å². The van der Waals surface area contributed by atoms with E-state index in [1.54, 1.807) is 18.2 Å². The first kappa shape index (κ1) is 14.1. The van der Waals surface area contributed by atoms with Crippen LogP contribution in [0.5, 0.6) is 0 Å². The average Bonchev–Trinajstić information content (AvgIpc) is 2.96. The molecule has 1 saturated carbocycles. The van der Waals surface area contributed by atoms with E-state index >= 15 is 0 Å². The van der Waals surface area contributed by atoms with Crippen molar-refractivity contribution in [1.29, 1.82) is 0 Å². The van der Waals surface area contributed by atoms with Crippen molar-refractivity contribution in [3.05, 3.63) is 34.9 Å². The number of esters is 4. The largest absolute Gasteiger partial charge is 0.393 e. The minimum absolute atomic E-state index is 0.265.